The van der Waals surface area contributed by atoms with Gasteiger partial charge in [0.1, 0.15) is 24.0 Å². The van der Waals surface area contributed by atoms with E-state index in [0.29, 0.717) is 36.9 Å². The predicted molar refractivity (Wildman–Crippen MR) is 128 cm³/mol. The van der Waals surface area contributed by atoms with Crippen molar-refractivity contribution in [1.82, 2.24) is 9.47 Å². The van der Waals surface area contributed by atoms with Crippen molar-refractivity contribution in [3.8, 4) is 11.5 Å². The molecule has 34 heavy (non-hydrogen) atoms. The highest BCUT2D eigenvalue weighted by atomic mass is 19.1. The fourth-order valence-corrected chi connectivity index (χ4v) is 4.75. The summed E-state index contributed by atoms with van der Waals surface area (Å²) >= 11 is 0. The summed E-state index contributed by atoms with van der Waals surface area (Å²) in [6.45, 7) is 4.53. The average Bonchev–Trinajstić information content (AvgIpc) is 3.38. The van der Waals surface area contributed by atoms with Gasteiger partial charge in [-0.05, 0) is 48.9 Å². The zero-order valence-electron chi connectivity index (χ0n) is 18.8. The monoisotopic (exact) mass is 454 g/mol. The van der Waals surface area contributed by atoms with E-state index in [2.05, 4.69) is 34.7 Å². The number of Topliss-reactive ketones (excluding diaryl/α,β-unsaturated/α-hetero) is 1. The fourth-order valence-electron chi connectivity index (χ4n) is 4.75. The van der Waals surface area contributed by atoms with E-state index >= 15 is 0 Å². The molecule has 0 unspecified atom stereocenters. The molecule has 0 fully saturated rings. The maximum atomic E-state index is 13.3. The molecular formula is C28H23FN2O3. The lowest BCUT2D eigenvalue weighted by molar-refractivity contribution is 0.0872. The molecule has 6 rings (SSSR count). The molecule has 3 aromatic carbocycles. The average molecular weight is 455 g/mol. The van der Waals surface area contributed by atoms with Crippen molar-refractivity contribution in [2.45, 2.75) is 26.6 Å². The molecule has 0 radical (unpaired) electrons. The molecule has 0 saturated carbocycles. The summed E-state index contributed by atoms with van der Waals surface area (Å²) in [6, 6.07) is 18.2. The van der Waals surface area contributed by atoms with Gasteiger partial charge in [-0.15, -0.1) is 0 Å². The Bertz CT molecular complexity index is 1450. The first-order chi connectivity index (χ1) is 16.6. The van der Waals surface area contributed by atoms with Crippen molar-refractivity contribution in [2.75, 3.05) is 6.73 Å². The van der Waals surface area contributed by atoms with Gasteiger partial charge in [-0.2, -0.15) is 0 Å². The Hall–Kier alpha value is -3.90. The summed E-state index contributed by atoms with van der Waals surface area (Å²) in [5.74, 6) is 1.23. The molecule has 1 aromatic heterocycles. The number of ketones is 1. The Morgan fingerprint density at radius 1 is 1.06 bits per heavy atom. The normalized spacial score (nSPS) is 16.4. The number of carbonyl (C=O) groups is 1. The smallest absolute Gasteiger partial charge is 0.231 e. The van der Waals surface area contributed by atoms with Crippen LogP contribution in [0.25, 0.3) is 17.0 Å². The highest BCUT2D eigenvalue weighted by molar-refractivity contribution is 6.15. The van der Waals surface area contributed by atoms with Gasteiger partial charge in [0.25, 0.3) is 0 Å². The number of para-hydroxylation sites is 1. The number of halogens is 1. The number of carbonyl (C=O) groups excluding carboxylic acids is 1. The summed E-state index contributed by atoms with van der Waals surface area (Å²) in [5, 5.41) is 1.08. The number of hydrogen-bond donors (Lipinski definition) is 0. The van der Waals surface area contributed by atoms with Gasteiger partial charge in [0, 0.05) is 42.3 Å². The first-order valence-electron chi connectivity index (χ1n) is 11.4. The largest absolute Gasteiger partial charge is 0.478 e. The molecule has 2 aliphatic rings. The van der Waals surface area contributed by atoms with Gasteiger partial charge in [0.05, 0.1) is 11.1 Å². The van der Waals surface area contributed by atoms with Crippen LogP contribution in [0.1, 0.15) is 34.0 Å². The second kappa shape index (κ2) is 8.15. The van der Waals surface area contributed by atoms with Gasteiger partial charge in [0.15, 0.2) is 5.76 Å². The number of benzene rings is 3. The van der Waals surface area contributed by atoms with Crippen LogP contribution < -0.4 is 9.47 Å². The highest BCUT2D eigenvalue weighted by Gasteiger charge is 2.33. The molecule has 0 atom stereocenters. The molecule has 6 heteroatoms. The summed E-state index contributed by atoms with van der Waals surface area (Å²) in [4.78, 5) is 15.3. The molecular weight excluding hydrogens is 431 g/mol. The summed E-state index contributed by atoms with van der Waals surface area (Å²) in [5.41, 5.74) is 4.49. The lowest BCUT2D eigenvalue weighted by Crippen LogP contribution is -2.31. The number of aromatic nitrogens is 1. The van der Waals surface area contributed by atoms with Crippen molar-refractivity contribution in [3.63, 3.8) is 0 Å². The molecule has 0 spiro atoms. The van der Waals surface area contributed by atoms with Crippen LogP contribution in [0.4, 0.5) is 4.39 Å². The molecule has 0 saturated heterocycles. The van der Waals surface area contributed by atoms with Gasteiger partial charge in [-0.25, -0.2) is 4.39 Å². The van der Waals surface area contributed by atoms with Crippen LogP contribution in [0.5, 0.6) is 11.5 Å². The standard InChI is InChI=1S/C28H23FN2O3/c1-2-31-15-19(21-5-3-4-6-24(21)31)13-26-27(32)22-11-12-25-23(28(22)34-26)16-30(17-33-25)14-18-7-9-20(29)10-8-18/h3-13,15H,2,14,16-17H2,1H3/b26-13-. The van der Waals surface area contributed by atoms with E-state index in [-0.39, 0.29) is 11.6 Å². The zero-order chi connectivity index (χ0) is 23.2. The third kappa shape index (κ3) is 3.47. The third-order valence-electron chi connectivity index (χ3n) is 6.45. The highest BCUT2D eigenvalue weighted by Crippen LogP contribution is 2.42. The Balaban J connectivity index is 1.32. The number of rotatable bonds is 4. The van der Waals surface area contributed by atoms with Crippen LogP contribution in [0.15, 0.2) is 72.6 Å². The second-order valence-corrected chi connectivity index (χ2v) is 8.63. The molecule has 5 nitrogen and oxygen atoms in total. The fraction of sp³-hybridized carbons (Fsp3) is 0.179. The number of hydrogen-bond acceptors (Lipinski definition) is 4. The number of ether oxygens (including phenoxy) is 2. The summed E-state index contributed by atoms with van der Waals surface area (Å²) in [6.07, 6.45) is 3.89. The van der Waals surface area contributed by atoms with E-state index in [1.54, 1.807) is 18.2 Å². The lowest BCUT2D eigenvalue weighted by atomic mass is 10.0. The van der Waals surface area contributed by atoms with Crippen LogP contribution in [-0.2, 0) is 19.6 Å². The van der Waals surface area contributed by atoms with Gasteiger partial charge in [-0.3, -0.25) is 9.69 Å². The predicted octanol–water partition coefficient (Wildman–Crippen LogP) is 5.77. The Kier molecular flexibility index (Phi) is 4.96. The zero-order valence-corrected chi connectivity index (χ0v) is 18.8. The van der Waals surface area contributed by atoms with Crippen molar-refractivity contribution < 1.29 is 18.7 Å². The van der Waals surface area contributed by atoms with Crippen LogP contribution >= 0.6 is 0 Å². The van der Waals surface area contributed by atoms with E-state index in [1.165, 1.54) is 12.1 Å². The van der Waals surface area contributed by atoms with E-state index < -0.39 is 0 Å². The van der Waals surface area contributed by atoms with Gasteiger partial charge >= 0.3 is 0 Å². The minimum atomic E-state index is -0.255. The van der Waals surface area contributed by atoms with E-state index in [4.69, 9.17) is 9.47 Å². The SMILES string of the molecule is CCn1cc(/C=C2\Oc3c(ccc4c3CN(Cc3ccc(F)cc3)CO4)C2=O)c2ccccc21. The number of fused-ring (bicyclic) bond motifs is 4. The number of allylic oxidation sites excluding steroid dienone is 1. The lowest BCUT2D eigenvalue weighted by Gasteiger charge is -2.29. The summed E-state index contributed by atoms with van der Waals surface area (Å²) in [7, 11) is 0. The quantitative estimate of drug-likeness (QED) is 0.367. The molecule has 3 heterocycles. The maximum absolute atomic E-state index is 13.3. The topological polar surface area (TPSA) is 43.7 Å². The molecule has 0 bridgehead atoms. The van der Waals surface area contributed by atoms with E-state index in [9.17, 15) is 9.18 Å². The Morgan fingerprint density at radius 2 is 1.88 bits per heavy atom. The third-order valence-corrected chi connectivity index (χ3v) is 6.45. The van der Waals surface area contributed by atoms with E-state index in [1.807, 2.05) is 24.3 Å². The van der Waals surface area contributed by atoms with Crippen LogP contribution in [0, 0.1) is 5.82 Å². The van der Waals surface area contributed by atoms with Crippen LogP contribution in [0.3, 0.4) is 0 Å². The number of nitrogens with zero attached hydrogens (tertiary/aromatic N) is 2. The summed E-state index contributed by atoms with van der Waals surface area (Å²) < 4.78 is 27.6. The van der Waals surface area contributed by atoms with Crippen molar-refractivity contribution in [3.05, 3.63) is 101 Å². The van der Waals surface area contributed by atoms with Gasteiger partial charge < -0.3 is 14.0 Å². The van der Waals surface area contributed by atoms with Gasteiger partial charge in [-0.1, -0.05) is 30.3 Å². The molecule has 0 amide bonds. The minimum Gasteiger partial charge on any atom is -0.478 e. The maximum Gasteiger partial charge on any atom is 0.231 e. The number of aryl methyl sites for hydroxylation is 1. The molecule has 4 aromatic rings. The molecule has 0 N–H and O–H groups in total. The van der Waals surface area contributed by atoms with Gasteiger partial charge in [0.2, 0.25) is 5.78 Å². The van der Waals surface area contributed by atoms with Crippen LogP contribution in [-0.4, -0.2) is 22.0 Å². The first-order valence-corrected chi connectivity index (χ1v) is 11.4. The Labute approximate surface area is 196 Å². The van der Waals surface area contributed by atoms with Crippen molar-refractivity contribution in [1.29, 1.82) is 0 Å². The van der Waals surface area contributed by atoms with Crippen LogP contribution in [0.2, 0.25) is 0 Å². The van der Waals surface area contributed by atoms with Crippen molar-refractivity contribution >= 4 is 22.8 Å². The minimum absolute atomic E-state index is 0.123. The Morgan fingerprint density at radius 3 is 2.71 bits per heavy atom. The molecule has 170 valence electrons. The molecule has 2 aliphatic heterocycles. The molecule has 0 aliphatic carbocycles. The second-order valence-electron chi connectivity index (χ2n) is 8.63. The van der Waals surface area contributed by atoms with Crippen molar-refractivity contribution in [2.24, 2.45) is 0 Å². The van der Waals surface area contributed by atoms with E-state index in [0.717, 1.165) is 39.9 Å². The first kappa shape index (κ1) is 20.7.